The van der Waals surface area contributed by atoms with Gasteiger partial charge in [0.05, 0.1) is 0 Å². The Morgan fingerprint density at radius 2 is 2.00 bits per heavy atom. The van der Waals surface area contributed by atoms with E-state index in [2.05, 4.69) is 11.7 Å². The van der Waals surface area contributed by atoms with Gasteiger partial charge in [0.25, 0.3) is 0 Å². The number of hydrogen-bond acceptors (Lipinski definition) is 3. The van der Waals surface area contributed by atoms with E-state index in [9.17, 15) is 4.79 Å². The van der Waals surface area contributed by atoms with Crippen molar-refractivity contribution in [2.24, 2.45) is 11.7 Å². The van der Waals surface area contributed by atoms with Gasteiger partial charge in [-0.2, -0.15) is 0 Å². The van der Waals surface area contributed by atoms with Gasteiger partial charge >= 0.3 is 0 Å². The first-order valence-electron chi connectivity index (χ1n) is 2.18. The highest BCUT2D eigenvalue weighted by Crippen LogP contribution is 1.74. The molecule has 0 aromatic carbocycles. The molecule has 0 aliphatic rings. The third-order valence-electron chi connectivity index (χ3n) is 0.407. The lowest BCUT2D eigenvalue weighted by Gasteiger charge is -1.68. The molecule has 3 heteroatoms. The van der Waals surface area contributed by atoms with Gasteiger partial charge in [0.1, 0.15) is 6.29 Å². The van der Waals surface area contributed by atoms with Crippen LogP contribution >= 0.6 is 0 Å². The van der Waals surface area contributed by atoms with Crippen molar-refractivity contribution in [2.45, 2.75) is 19.8 Å². The number of carbonyl (C=O) groups excluding carboxylic acids is 1. The van der Waals surface area contributed by atoms with Crippen LogP contribution in [0, 0.1) is 0 Å². The van der Waals surface area contributed by atoms with Crippen molar-refractivity contribution in [3.63, 3.8) is 0 Å². The van der Waals surface area contributed by atoms with Gasteiger partial charge in [-0.05, 0) is 6.42 Å². The lowest BCUT2D eigenvalue weighted by Crippen LogP contribution is -2.02. The standard InChI is InChI=1S/C4H8O.H4N2/c1-2-3-4-5;1-2/h4H,2-3H2,1H3;1-2H2. The summed E-state index contributed by atoms with van der Waals surface area (Å²) in [4.78, 5) is 9.40. The van der Waals surface area contributed by atoms with Crippen molar-refractivity contribution in [2.75, 3.05) is 0 Å². The predicted molar refractivity (Wildman–Crippen MR) is 29.3 cm³/mol. The predicted octanol–water partition coefficient (Wildman–Crippen LogP) is -0.196. The van der Waals surface area contributed by atoms with Gasteiger partial charge in [0, 0.05) is 6.42 Å². The maximum atomic E-state index is 9.40. The molecule has 0 aromatic rings. The van der Waals surface area contributed by atoms with E-state index in [1.807, 2.05) is 6.92 Å². The first-order chi connectivity index (χ1) is 3.41. The number of hydrazine groups is 1. The van der Waals surface area contributed by atoms with Crippen LogP contribution in [0.5, 0.6) is 0 Å². The zero-order valence-corrected chi connectivity index (χ0v) is 4.55. The fraction of sp³-hybridized carbons (Fsp3) is 0.750. The minimum atomic E-state index is 0.708. The molecule has 0 bridgehead atoms. The normalized spacial score (nSPS) is 6.14. The number of carbonyl (C=O) groups is 1. The second-order valence-corrected chi connectivity index (χ2v) is 0.955. The monoisotopic (exact) mass is 104 g/mol. The molecule has 0 rings (SSSR count). The molecule has 0 amide bonds. The van der Waals surface area contributed by atoms with Crippen LogP contribution in [0.1, 0.15) is 19.8 Å². The van der Waals surface area contributed by atoms with E-state index in [0.29, 0.717) is 6.42 Å². The summed E-state index contributed by atoms with van der Waals surface area (Å²) in [5.74, 6) is 8.00. The van der Waals surface area contributed by atoms with E-state index >= 15 is 0 Å². The third-order valence-corrected chi connectivity index (χ3v) is 0.407. The Kier molecular flexibility index (Phi) is 24.5. The molecular weight excluding hydrogens is 92.1 g/mol. The molecule has 4 N–H and O–H groups in total. The summed E-state index contributed by atoms with van der Waals surface area (Å²) in [6, 6.07) is 0. The molecule has 0 aliphatic heterocycles. The molecule has 0 fully saturated rings. The molecule has 0 unspecified atom stereocenters. The number of aldehydes is 1. The van der Waals surface area contributed by atoms with Crippen molar-refractivity contribution in [1.29, 1.82) is 0 Å². The summed E-state index contributed by atoms with van der Waals surface area (Å²) in [5.41, 5.74) is 0. The molecule has 0 aliphatic carbocycles. The first kappa shape index (κ1) is 9.77. The van der Waals surface area contributed by atoms with Crippen molar-refractivity contribution >= 4 is 6.29 Å². The molecule has 0 saturated carbocycles. The summed E-state index contributed by atoms with van der Waals surface area (Å²) < 4.78 is 0. The van der Waals surface area contributed by atoms with E-state index in [1.54, 1.807) is 0 Å². The quantitative estimate of drug-likeness (QED) is 0.289. The highest BCUT2D eigenvalue weighted by atomic mass is 16.1. The second-order valence-electron chi connectivity index (χ2n) is 0.955. The Morgan fingerprint density at radius 3 is 2.00 bits per heavy atom. The molecular formula is C4H12N2O. The number of nitrogens with two attached hydrogens (primary N) is 2. The summed E-state index contributed by atoms with van der Waals surface area (Å²) in [6.07, 6.45) is 2.61. The van der Waals surface area contributed by atoms with E-state index in [-0.39, 0.29) is 0 Å². The van der Waals surface area contributed by atoms with E-state index in [4.69, 9.17) is 0 Å². The van der Waals surface area contributed by atoms with Gasteiger partial charge in [-0.25, -0.2) is 0 Å². The Morgan fingerprint density at radius 1 is 1.57 bits per heavy atom. The Hall–Kier alpha value is -0.410. The molecule has 0 atom stereocenters. The molecule has 0 saturated heterocycles. The number of unbranched alkanes of at least 4 members (excludes halogenated alkanes) is 1. The summed E-state index contributed by atoms with van der Waals surface area (Å²) >= 11 is 0. The lowest BCUT2D eigenvalue weighted by molar-refractivity contribution is -0.107. The minimum absolute atomic E-state index is 0.708. The first-order valence-corrected chi connectivity index (χ1v) is 2.18. The Labute approximate surface area is 43.7 Å². The van der Waals surface area contributed by atoms with Crippen LogP contribution in [0.2, 0.25) is 0 Å². The third kappa shape index (κ3) is 28.5. The molecule has 44 valence electrons. The topological polar surface area (TPSA) is 69.1 Å². The van der Waals surface area contributed by atoms with Crippen molar-refractivity contribution in [1.82, 2.24) is 0 Å². The van der Waals surface area contributed by atoms with E-state index in [0.717, 1.165) is 12.7 Å². The van der Waals surface area contributed by atoms with E-state index in [1.165, 1.54) is 0 Å². The highest BCUT2D eigenvalue weighted by Gasteiger charge is 1.66. The SMILES string of the molecule is CCCC=O.NN. The molecule has 0 radical (unpaired) electrons. The van der Waals surface area contributed by atoms with Crippen molar-refractivity contribution in [3.8, 4) is 0 Å². The Bertz CT molecular complexity index is 30.9. The second kappa shape index (κ2) is 17.6. The maximum Gasteiger partial charge on any atom is 0.119 e. The Balaban J connectivity index is 0. The molecule has 0 aromatic heterocycles. The van der Waals surface area contributed by atoms with Crippen LogP contribution in [-0.4, -0.2) is 6.29 Å². The van der Waals surface area contributed by atoms with Gasteiger partial charge in [-0.15, -0.1) is 0 Å². The maximum absolute atomic E-state index is 9.40. The van der Waals surface area contributed by atoms with Crippen LogP contribution in [0.25, 0.3) is 0 Å². The van der Waals surface area contributed by atoms with Crippen LogP contribution < -0.4 is 11.7 Å². The summed E-state index contributed by atoms with van der Waals surface area (Å²) in [7, 11) is 0. The highest BCUT2D eigenvalue weighted by molar-refractivity contribution is 5.48. The fourth-order valence-electron chi connectivity index (χ4n) is 0.118. The molecule has 3 nitrogen and oxygen atoms in total. The van der Waals surface area contributed by atoms with Gasteiger partial charge in [0.15, 0.2) is 0 Å². The zero-order chi connectivity index (χ0) is 6.12. The van der Waals surface area contributed by atoms with Gasteiger partial charge in [0.2, 0.25) is 0 Å². The van der Waals surface area contributed by atoms with Crippen molar-refractivity contribution < 1.29 is 4.79 Å². The lowest BCUT2D eigenvalue weighted by atomic mass is 10.4. The fourth-order valence-corrected chi connectivity index (χ4v) is 0.118. The van der Waals surface area contributed by atoms with Crippen LogP contribution in [0.3, 0.4) is 0 Å². The molecule has 0 heterocycles. The average molecular weight is 104 g/mol. The van der Waals surface area contributed by atoms with Gasteiger partial charge < -0.3 is 4.79 Å². The summed E-state index contributed by atoms with van der Waals surface area (Å²) in [5, 5.41) is 0. The van der Waals surface area contributed by atoms with Crippen LogP contribution in [-0.2, 0) is 4.79 Å². The van der Waals surface area contributed by atoms with Crippen molar-refractivity contribution in [3.05, 3.63) is 0 Å². The van der Waals surface area contributed by atoms with Crippen LogP contribution in [0.4, 0.5) is 0 Å². The van der Waals surface area contributed by atoms with Crippen LogP contribution in [0.15, 0.2) is 0 Å². The van der Waals surface area contributed by atoms with E-state index < -0.39 is 0 Å². The largest absolute Gasteiger partial charge is 0.303 e. The number of rotatable bonds is 2. The van der Waals surface area contributed by atoms with Gasteiger partial charge in [-0.3, -0.25) is 11.7 Å². The molecule has 7 heavy (non-hydrogen) atoms. The molecule has 0 spiro atoms. The minimum Gasteiger partial charge on any atom is -0.303 e. The summed E-state index contributed by atoms with van der Waals surface area (Å²) in [6.45, 7) is 1.98. The smallest absolute Gasteiger partial charge is 0.119 e. The van der Waals surface area contributed by atoms with Gasteiger partial charge in [-0.1, -0.05) is 6.92 Å². The number of hydrogen-bond donors (Lipinski definition) is 2. The zero-order valence-electron chi connectivity index (χ0n) is 4.55. The average Bonchev–Trinajstić information content (AvgIpc) is 1.75.